The minimum atomic E-state index is -0.409. The van der Waals surface area contributed by atoms with Crippen LogP contribution in [-0.4, -0.2) is 63.6 Å². The van der Waals surface area contributed by atoms with Crippen molar-refractivity contribution < 1.29 is 14.3 Å². The SMILES string of the molecule is COC(=O)c1cc(-c2nc(-c3c(C)cnn3C)cc(N3CCOCC3C)n2)c2cc[nH]c2c1. The molecule has 0 radical (unpaired) electrons. The largest absolute Gasteiger partial charge is 0.465 e. The van der Waals surface area contributed by atoms with Gasteiger partial charge in [0.2, 0.25) is 0 Å². The lowest BCUT2D eigenvalue weighted by atomic mass is 10.0. The Hall–Kier alpha value is -3.72. The molecule has 0 bridgehead atoms. The molecule has 4 aromatic rings. The van der Waals surface area contributed by atoms with Crippen molar-refractivity contribution in [1.82, 2.24) is 24.7 Å². The Balaban J connectivity index is 1.75. The summed E-state index contributed by atoms with van der Waals surface area (Å²) in [5, 5.41) is 5.33. The molecule has 33 heavy (non-hydrogen) atoms. The third-order valence-electron chi connectivity index (χ3n) is 6.07. The number of nitrogens with zero attached hydrogens (tertiary/aromatic N) is 5. The molecule has 1 atom stereocenters. The fraction of sp³-hybridized carbons (Fsp3) is 0.333. The van der Waals surface area contributed by atoms with Crippen LogP contribution in [0.2, 0.25) is 0 Å². The molecule has 4 heterocycles. The van der Waals surface area contributed by atoms with Gasteiger partial charge in [0.15, 0.2) is 5.82 Å². The number of aromatic amines is 1. The molecule has 1 unspecified atom stereocenters. The summed E-state index contributed by atoms with van der Waals surface area (Å²) in [5.74, 6) is 0.948. The molecule has 0 aliphatic carbocycles. The van der Waals surface area contributed by atoms with Crippen molar-refractivity contribution in [2.24, 2.45) is 7.05 Å². The zero-order chi connectivity index (χ0) is 23.1. The number of carbonyl (C=O) groups excluding carboxylic acids is 1. The van der Waals surface area contributed by atoms with E-state index in [0.717, 1.165) is 45.8 Å². The minimum absolute atomic E-state index is 0.177. The van der Waals surface area contributed by atoms with Crippen LogP contribution in [0.15, 0.2) is 36.7 Å². The fourth-order valence-electron chi connectivity index (χ4n) is 4.39. The van der Waals surface area contributed by atoms with Gasteiger partial charge in [0.25, 0.3) is 0 Å². The van der Waals surface area contributed by atoms with Gasteiger partial charge in [-0.2, -0.15) is 5.10 Å². The summed E-state index contributed by atoms with van der Waals surface area (Å²) in [4.78, 5) is 27.7. The number of fused-ring (bicyclic) bond motifs is 1. The van der Waals surface area contributed by atoms with Crippen molar-refractivity contribution in [2.45, 2.75) is 19.9 Å². The molecular weight excluding hydrogens is 420 g/mol. The molecule has 1 N–H and O–H groups in total. The third kappa shape index (κ3) is 3.74. The van der Waals surface area contributed by atoms with Crippen LogP contribution in [-0.2, 0) is 16.5 Å². The smallest absolute Gasteiger partial charge is 0.337 e. The number of morpholine rings is 1. The monoisotopic (exact) mass is 446 g/mol. The molecule has 3 aromatic heterocycles. The molecule has 1 fully saturated rings. The van der Waals surface area contributed by atoms with Gasteiger partial charge in [-0.1, -0.05) is 0 Å². The Morgan fingerprint density at radius 1 is 1.27 bits per heavy atom. The maximum absolute atomic E-state index is 12.4. The molecule has 1 aliphatic rings. The first-order valence-corrected chi connectivity index (χ1v) is 10.9. The number of nitrogens with one attached hydrogen (secondary N) is 1. The molecule has 9 heteroatoms. The van der Waals surface area contributed by atoms with E-state index in [-0.39, 0.29) is 6.04 Å². The summed E-state index contributed by atoms with van der Waals surface area (Å²) in [6.45, 7) is 6.16. The van der Waals surface area contributed by atoms with Crippen LogP contribution in [0.1, 0.15) is 22.8 Å². The van der Waals surface area contributed by atoms with Gasteiger partial charge in [0.1, 0.15) is 5.82 Å². The number of hydrogen-bond donors (Lipinski definition) is 1. The van der Waals surface area contributed by atoms with E-state index in [4.69, 9.17) is 19.4 Å². The van der Waals surface area contributed by atoms with Crippen LogP contribution in [0, 0.1) is 6.92 Å². The molecule has 1 aliphatic heterocycles. The Labute approximate surface area is 191 Å². The van der Waals surface area contributed by atoms with E-state index in [1.165, 1.54) is 7.11 Å². The number of hydrogen-bond acceptors (Lipinski definition) is 7. The number of rotatable bonds is 4. The van der Waals surface area contributed by atoms with Crippen LogP contribution in [0.4, 0.5) is 5.82 Å². The second-order valence-corrected chi connectivity index (χ2v) is 8.31. The van der Waals surface area contributed by atoms with Crippen LogP contribution in [0.25, 0.3) is 33.7 Å². The van der Waals surface area contributed by atoms with E-state index in [2.05, 4.69) is 21.9 Å². The highest BCUT2D eigenvalue weighted by molar-refractivity contribution is 6.01. The molecule has 0 amide bonds. The van der Waals surface area contributed by atoms with Crippen molar-refractivity contribution in [1.29, 1.82) is 0 Å². The Morgan fingerprint density at radius 3 is 2.85 bits per heavy atom. The maximum atomic E-state index is 12.4. The number of aryl methyl sites for hydroxylation is 2. The summed E-state index contributed by atoms with van der Waals surface area (Å²) >= 11 is 0. The van der Waals surface area contributed by atoms with Gasteiger partial charge in [0, 0.05) is 42.3 Å². The average molecular weight is 447 g/mol. The second kappa shape index (κ2) is 8.32. The zero-order valence-electron chi connectivity index (χ0n) is 19.1. The Kier molecular flexibility index (Phi) is 5.33. The lowest BCUT2D eigenvalue weighted by Gasteiger charge is -2.34. The number of aromatic nitrogens is 5. The maximum Gasteiger partial charge on any atom is 0.337 e. The van der Waals surface area contributed by atoms with Crippen molar-refractivity contribution in [2.75, 3.05) is 31.8 Å². The summed E-state index contributed by atoms with van der Waals surface area (Å²) in [6, 6.07) is 7.73. The fourth-order valence-corrected chi connectivity index (χ4v) is 4.39. The first kappa shape index (κ1) is 21.1. The van der Waals surface area contributed by atoms with Crippen LogP contribution in [0.5, 0.6) is 0 Å². The van der Waals surface area contributed by atoms with Gasteiger partial charge in [-0.25, -0.2) is 14.8 Å². The molecule has 0 spiro atoms. The van der Waals surface area contributed by atoms with Crippen molar-refractivity contribution in [3.05, 3.63) is 47.8 Å². The highest BCUT2D eigenvalue weighted by Crippen LogP contribution is 2.33. The number of benzene rings is 1. The normalized spacial score (nSPS) is 16.4. The molecule has 1 saturated heterocycles. The van der Waals surface area contributed by atoms with Gasteiger partial charge in [-0.15, -0.1) is 0 Å². The first-order valence-electron chi connectivity index (χ1n) is 10.9. The summed E-state index contributed by atoms with van der Waals surface area (Å²) < 4.78 is 12.4. The van der Waals surface area contributed by atoms with E-state index in [1.54, 1.807) is 12.1 Å². The predicted octanol–water partition coefficient (Wildman–Crippen LogP) is 3.35. The number of methoxy groups -OCH3 is 1. The molecule has 0 saturated carbocycles. The number of anilines is 1. The molecule has 170 valence electrons. The van der Waals surface area contributed by atoms with Crippen molar-refractivity contribution in [3.8, 4) is 22.8 Å². The van der Waals surface area contributed by atoms with Gasteiger partial charge in [-0.3, -0.25) is 4.68 Å². The topological polar surface area (TPSA) is 98.2 Å². The standard InChI is InChI=1S/C24H26N6O3/c1-14-12-26-29(3)22(14)20-11-21(30-7-8-33-13-15(30)2)28-23(27-20)18-9-16(24(31)32-4)10-19-17(18)5-6-25-19/h5-6,9-12,15,25H,7-8,13H2,1-4H3. The number of ether oxygens (including phenoxy) is 2. The minimum Gasteiger partial charge on any atom is -0.465 e. The first-order chi connectivity index (χ1) is 16.0. The van der Waals surface area contributed by atoms with Gasteiger partial charge in [0.05, 0.1) is 49.5 Å². The lowest BCUT2D eigenvalue weighted by molar-refractivity contribution is 0.0601. The van der Waals surface area contributed by atoms with E-state index in [9.17, 15) is 4.79 Å². The van der Waals surface area contributed by atoms with E-state index >= 15 is 0 Å². The Morgan fingerprint density at radius 2 is 2.12 bits per heavy atom. The van der Waals surface area contributed by atoms with Crippen LogP contribution >= 0.6 is 0 Å². The number of esters is 1. The van der Waals surface area contributed by atoms with Gasteiger partial charge < -0.3 is 19.4 Å². The summed E-state index contributed by atoms with van der Waals surface area (Å²) in [6.07, 6.45) is 3.67. The molecule has 9 nitrogen and oxygen atoms in total. The van der Waals surface area contributed by atoms with Gasteiger partial charge in [-0.05, 0) is 37.6 Å². The van der Waals surface area contributed by atoms with Crippen LogP contribution in [0.3, 0.4) is 0 Å². The molecular formula is C24H26N6O3. The van der Waals surface area contributed by atoms with Crippen molar-refractivity contribution in [3.63, 3.8) is 0 Å². The van der Waals surface area contributed by atoms with E-state index in [1.807, 2.05) is 43.2 Å². The second-order valence-electron chi connectivity index (χ2n) is 8.31. The summed E-state index contributed by atoms with van der Waals surface area (Å²) in [7, 11) is 3.28. The quantitative estimate of drug-likeness (QED) is 0.480. The third-order valence-corrected chi connectivity index (χ3v) is 6.07. The Bertz CT molecular complexity index is 1320. The van der Waals surface area contributed by atoms with Crippen LogP contribution < -0.4 is 4.90 Å². The number of H-pyrrole nitrogens is 1. The molecule has 5 rings (SSSR count). The highest BCUT2D eigenvalue weighted by atomic mass is 16.5. The van der Waals surface area contributed by atoms with Crippen molar-refractivity contribution >= 4 is 22.7 Å². The van der Waals surface area contributed by atoms with Gasteiger partial charge >= 0.3 is 5.97 Å². The average Bonchev–Trinajstić information content (AvgIpc) is 3.43. The zero-order valence-corrected chi connectivity index (χ0v) is 19.1. The highest BCUT2D eigenvalue weighted by Gasteiger charge is 2.24. The number of carbonyl (C=O) groups is 1. The molecule has 1 aromatic carbocycles. The predicted molar refractivity (Wildman–Crippen MR) is 125 cm³/mol. The summed E-state index contributed by atoms with van der Waals surface area (Å²) in [5.41, 5.74) is 4.75. The lowest BCUT2D eigenvalue weighted by Crippen LogP contribution is -2.44. The van der Waals surface area contributed by atoms with E-state index in [0.29, 0.717) is 24.6 Å². The van der Waals surface area contributed by atoms with E-state index < -0.39 is 5.97 Å².